The van der Waals surface area contributed by atoms with Crippen LogP contribution in [0.1, 0.15) is 24.8 Å². The Morgan fingerprint density at radius 2 is 1.84 bits per heavy atom. The lowest BCUT2D eigenvalue weighted by atomic mass is 9.80. The van der Waals surface area contributed by atoms with Gasteiger partial charge in [0.05, 0.1) is 18.6 Å². The number of carbonyl (C=O) groups excluding carboxylic acids is 1. The highest BCUT2D eigenvalue weighted by molar-refractivity contribution is 6.30. The number of rotatable bonds is 5. The first kappa shape index (κ1) is 20.1. The van der Waals surface area contributed by atoms with Crippen molar-refractivity contribution in [1.82, 2.24) is 0 Å². The summed E-state index contributed by atoms with van der Waals surface area (Å²) >= 11 is 6.04. The highest BCUT2D eigenvalue weighted by Gasteiger charge is 2.41. The maximum Gasteiger partial charge on any atom is 0.207 e. The molecule has 158 valence electrons. The van der Waals surface area contributed by atoms with E-state index in [1.165, 1.54) is 6.26 Å². The number of allylic oxidation sites excluding steroid dienone is 1. The van der Waals surface area contributed by atoms with Crippen LogP contribution in [0.5, 0.6) is 5.75 Å². The minimum atomic E-state index is -0.188. The van der Waals surface area contributed by atoms with Crippen LogP contribution in [0.3, 0.4) is 0 Å². The second kappa shape index (κ2) is 8.74. The molecule has 5 rings (SSSR count). The van der Waals surface area contributed by atoms with Crippen molar-refractivity contribution in [2.75, 3.05) is 0 Å². The van der Waals surface area contributed by atoms with Gasteiger partial charge in [0.2, 0.25) is 11.5 Å². The summed E-state index contributed by atoms with van der Waals surface area (Å²) in [5.74, 6) is 0.734. The van der Waals surface area contributed by atoms with E-state index >= 15 is 0 Å². The van der Waals surface area contributed by atoms with E-state index in [0.717, 1.165) is 29.2 Å². The van der Waals surface area contributed by atoms with E-state index in [0.29, 0.717) is 23.8 Å². The number of carbonyl (C=O) groups is 1. The van der Waals surface area contributed by atoms with E-state index in [2.05, 4.69) is 0 Å². The Bertz CT molecular complexity index is 1140. The predicted molar refractivity (Wildman–Crippen MR) is 120 cm³/mol. The number of hydrogen-bond donors (Lipinski definition) is 0. The van der Waals surface area contributed by atoms with Gasteiger partial charge in [0.25, 0.3) is 0 Å². The fourth-order valence-electron chi connectivity index (χ4n) is 4.36. The number of Topliss-reactive ketones (excluding diaryl/α,β-unsaturated/α-hetero) is 1. The standard InChI is InChI=1S/C26H23ClO4/c27-20-7-3-4-17(12-20)15-29-21-10-11-23-24(14-21)30-16-25(26(23)28)31-22-9-8-18-5-1-2-6-19(18)13-22/h1-9,12-13,16,21,23-24H,10-11,14-15H2. The number of ketones is 1. The minimum absolute atomic E-state index is 0.0118. The third-order valence-corrected chi connectivity index (χ3v) is 6.23. The molecule has 0 saturated heterocycles. The molecule has 1 saturated carbocycles. The molecule has 0 N–H and O–H groups in total. The van der Waals surface area contributed by atoms with Crippen molar-refractivity contribution >= 4 is 28.2 Å². The highest BCUT2D eigenvalue weighted by Crippen LogP contribution is 2.35. The lowest BCUT2D eigenvalue weighted by molar-refractivity contribution is -0.134. The zero-order valence-electron chi connectivity index (χ0n) is 17.0. The average Bonchev–Trinajstić information content (AvgIpc) is 2.79. The van der Waals surface area contributed by atoms with E-state index in [1.54, 1.807) is 0 Å². The summed E-state index contributed by atoms with van der Waals surface area (Å²) in [5.41, 5.74) is 1.04. The summed E-state index contributed by atoms with van der Waals surface area (Å²) in [5, 5.41) is 2.90. The number of hydrogen-bond acceptors (Lipinski definition) is 4. The molecule has 3 aromatic carbocycles. The quantitative estimate of drug-likeness (QED) is 0.489. The molecule has 2 aliphatic rings. The first-order chi connectivity index (χ1) is 15.2. The van der Waals surface area contributed by atoms with Gasteiger partial charge in [-0.15, -0.1) is 0 Å². The summed E-state index contributed by atoms with van der Waals surface area (Å²) < 4.78 is 17.9. The smallest absolute Gasteiger partial charge is 0.207 e. The average molecular weight is 435 g/mol. The summed E-state index contributed by atoms with van der Waals surface area (Å²) in [6, 6.07) is 21.5. The van der Waals surface area contributed by atoms with Gasteiger partial charge in [0, 0.05) is 11.4 Å². The van der Waals surface area contributed by atoms with Crippen LogP contribution in [-0.4, -0.2) is 18.0 Å². The summed E-state index contributed by atoms with van der Waals surface area (Å²) in [6.07, 6.45) is 3.59. The van der Waals surface area contributed by atoms with Gasteiger partial charge in [-0.1, -0.05) is 54.1 Å². The van der Waals surface area contributed by atoms with Crippen molar-refractivity contribution in [3.05, 3.63) is 89.3 Å². The van der Waals surface area contributed by atoms with E-state index in [-0.39, 0.29) is 29.7 Å². The molecule has 4 nitrogen and oxygen atoms in total. The van der Waals surface area contributed by atoms with Gasteiger partial charge in [0.1, 0.15) is 18.1 Å². The van der Waals surface area contributed by atoms with Gasteiger partial charge in [-0.05, 0) is 53.4 Å². The molecule has 0 spiro atoms. The van der Waals surface area contributed by atoms with Crippen LogP contribution in [0.15, 0.2) is 78.8 Å². The number of halogens is 1. The monoisotopic (exact) mass is 434 g/mol. The third kappa shape index (κ3) is 4.46. The Kier molecular flexibility index (Phi) is 5.66. The first-order valence-electron chi connectivity index (χ1n) is 10.6. The Morgan fingerprint density at radius 1 is 0.968 bits per heavy atom. The van der Waals surface area contributed by atoms with Crippen LogP contribution in [0.4, 0.5) is 0 Å². The molecule has 0 amide bonds. The molecule has 0 aromatic heterocycles. The van der Waals surface area contributed by atoms with E-state index in [9.17, 15) is 4.79 Å². The summed E-state index contributed by atoms with van der Waals surface area (Å²) in [7, 11) is 0. The topological polar surface area (TPSA) is 44.8 Å². The summed E-state index contributed by atoms with van der Waals surface area (Å²) in [4.78, 5) is 13.0. The highest BCUT2D eigenvalue weighted by atomic mass is 35.5. The number of fused-ring (bicyclic) bond motifs is 2. The lowest BCUT2D eigenvalue weighted by Gasteiger charge is -2.37. The van der Waals surface area contributed by atoms with E-state index < -0.39 is 0 Å². The zero-order valence-corrected chi connectivity index (χ0v) is 17.8. The fourth-order valence-corrected chi connectivity index (χ4v) is 4.57. The van der Waals surface area contributed by atoms with Gasteiger partial charge >= 0.3 is 0 Å². The molecule has 0 bridgehead atoms. The van der Waals surface area contributed by atoms with Crippen LogP contribution in [-0.2, 0) is 20.9 Å². The maximum absolute atomic E-state index is 13.0. The fraction of sp³-hybridized carbons (Fsp3) is 0.269. The predicted octanol–water partition coefficient (Wildman–Crippen LogP) is 6.07. The van der Waals surface area contributed by atoms with E-state index in [1.807, 2.05) is 66.7 Å². The van der Waals surface area contributed by atoms with Crippen LogP contribution in [0.2, 0.25) is 5.02 Å². The molecule has 1 heterocycles. The molecule has 31 heavy (non-hydrogen) atoms. The Labute approximate surface area is 186 Å². The first-order valence-corrected chi connectivity index (χ1v) is 11.0. The third-order valence-electron chi connectivity index (χ3n) is 6.00. The van der Waals surface area contributed by atoms with Gasteiger partial charge in [-0.3, -0.25) is 4.79 Å². The minimum Gasteiger partial charge on any atom is -0.493 e. The van der Waals surface area contributed by atoms with Crippen LogP contribution >= 0.6 is 11.6 Å². The number of ether oxygens (including phenoxy) is 3. The zero-order chi connectivity index (χ0) is 21.2. The van der Waals surface area contributed by atoms with Gasteiger partial charge in [-0.2, -0.15) is 0 Å². The largest absolute Gasteiger partial charge is 0.493 e. The molecule has 1 aliphatic carbocycles. The molecule has 3 aromatic rings. The molecular formula is C26H23ClO4. The van der Waals surface area contributed by atoms with Crippen molar-refractivity contribution in [1.29, 1.82) is 0 Å². The van der Waals surface area contributed by atoms with Crippen molar-refractivity contribution < 1.29 is 19.0 Å². The van der Waals surface area contributed by atoms with Crippen molar-refractivity contribution in [2.45, 2.75) is 38.1 Å². The lowest BCUT2D eigenvalue weighted by Crippen LogP contribution is -2.42. The van der Waals surface area contributed by atoms with Gasteiger partial charge in [0.15, 0.2) is 0 Å². The Hall–Kier alpha value is -2.82. The van der Waals surface area contributed by atoms with Crippen molar-refractivity contribution in [3.63, 3.8) is 0 Å². The van der Waals surface area contributed by atoms with Crippen LogP contribution in [0.25, 0.3) is 10.8 Å². The summed E-state index contributed by atoms with van der Waals surface area (Å²) in [6.45, 7) is 0.503. The van der Waals surface area contributed by atoms with Gasteiger partial charge in [-0.25, -0.2) is 0 Å². The normalized spacial score (nSPS) is 23.1. The van der Waals surface area contributed by atoms with Crippen molar-refractivity contribution in [2.24, 2.45) is 5.92 Å². The SMILES string of the molecule is O=C1C(Oc2ccc3ccccc3c2)=COC2CC(OCc3cccc(Cl)c3)CCC12. The molecule has 1 fully saturated rings. The molecule has 5 heteroatoms. The second-order valence-corrected chi connectivity index (χ2v) is 8.55. The Morgan fingerprint density at radius 3 is 2.71 bits per heavy atom. The maximum atomic E-state index is 13.0. The van der Waals surface area contributed by atoms with Crippen molar-refractivity contribution in [3.8, 4) is 5.75 Å². The second-order valence-electron chi connectivity index (χ2n) is 8.11. The molecule has 3 unspecified atom stereocenters. The van der Waals surface area contributed by atoms with Crippen LogP contribution in [0, 0.1) is 5.92 Å². The molecule has 1 aliphatic heterocycles. The van der Waals surface area contributed by atoms with Gasteiger partial charge < -0.3 is 14.2 Å². The molecule has 0 radical (unpaired) electrons. The van der Waals surface area contributed by atoms with Crippen LogP contribution < -0.4 is 4.74 Å². The number of benzene rings is 3. The molecule has 3 atom stereocenters. The van der Waals surface area contributed by atoms with E-state index in [4.69, 9.17) is 25.8 Å². The Balaban J connectivity index is 1.22. The molecular weight excluding hydrogens is 412 g/mol.